The fourth-order valence-corrected chi connectivity index (χ4v) is 3.41. The third-order valence-electron chi connectivity index (χ3n) is 2.25. The van der Waals surface area contributed by atoms with Gasteiger partial charge in [-0.25, -0.2) is 0 Å². The van der Waals surface area contributed by atoms with Crippen LogP contribution in [0.15, 0.2) is 23.0 Å². The molecule has 0 heterocycles. The fraction of sp³-hybridized carbons (Fsp3) is 0.600. The minimum absolute atomic E-state index is 1.10. The third-order valence-corrected chi connectivity index (χ3v) is 4.33. The van der Waals surface area contributed by atoms with Gasteiger partial charge in [0.1, 0.15) is 0 Å². The molecule has 0 N–H and O–H groups in total. The second kappa shape index (κ2) is 3.09. The monoisotopic (exact) mass is 181 g/mol. The van der Waals surface area contributed by atoms with Crippen LogP contribution < -0.4 is 0 Å². The van der Waals surface area contributed by atoms with Crippen LogP contribution in [0.4, 0.5) is 0 Å². The van der Waals surface area contributed by atoms with Gasteiger partial charge in [0.05, 0.1) is 8.07 Å². The molecule has 0 aromatic carbocycles. The average molecular weight is 181 g/mol. The van der Waals surface area contributed by atoms with Crippen LogP contribution in [0.25, 0.3) is 0 Å². The van der Waals surface area contributed by atoms with Crippen molar-refractivity contribution in [3.05, 3.63) is 23.0 Å². The van der Waals surface area contributed by atoms with Crippen molar-refractivity contribution in [2.24, 2.45) is 0 Å². The van der Waals surface area contributed by atoms with E-state index in [1.807, 2.05) is 0 Å². The predicted octanol–water partition coefficient (Wildman–Crippen LogP) is 2.64. The first-order chi connectivity index (χ1) is 5.43. The molecule has 1 aliphatic rings. The molecule has 0 amide bonds. The molecular weight excluding hydrogens is 162 g/mol. The number of rotatable bonds is 2. The van der Waals surface area contributed by atoms with Crippen LogP contribution in [-0.4, -0.2) is 27.1 Å². The normalized spacial score (nSPS) is 17.4. The highest BCUT2D eigenvalue weighted by atomic mass is 28.3. The van der Waals surface area contributed by atoms with Crippen molar-refractivity contribution in [3.63, 3.8) is 0 Å². The Hall–Kier alpha value is -0.503. The molecule has 1 aliphatic carbocycles. The smallest absolute Gasteiger partial charge is 0.0798 e. The highest BCUT2D eigenvalue weighted by Gasteiger charge is 2.24. The average Bonchev–Trinajstić information content (AvgIpc) is 2.30. The van der Waals surface area contributed by atoms with E-state index < -0.39 is 8.07 Å². The molecule has 0 unspecified atom stereocenters. The molecule has 0 saturated heterocycles. The van der Waals surface area contributed by atoms with E-state index >= 15 is 0 Å². The Labute approximate surface area is 76.8 Å². The lowest BCUT2D eigenvalue weighted by molar-refractivity contribution is 0.502. The quantitative estimate of drug-likeness (QED) is 0.592. The molecule has 0 aliphatic heterocycles. The van der Waals surface area contributed by atoms with Gasteiger partial charge in [-0.2, -0.15) is 0 Å². The molecule has 2 heteroatoms. The summed E-state index contributed by atoms with van der Waals surface area (Å²) in [6.45, 7) is 7.21. The largest absolute Gasteiger partial charge is 0.381 e. The van der Waals surface area contributed by atoms with Gasteiger partial charge in [0, 0.05) is 26.2 Å². The van der Waals surface area contributed by atoms with E-state index in [0.29, 0.717) is 0 Å². The summed E-state index contributed by atoms with van der Waals surface area (Å²) in [6.07, 6.45) is 5.73. The summed E-state index contributed by atoms with van der Waals surface area (Å²) in [5.74, 6) is 0. The Balaban J connectivity index is 2.98. The lowest BCUT2D eigenvalue weighted by Gasteiger charge is -2.23. The van der Waals surface area contributed by atoms with Gasteiger partial charge in [-0.1, -0.05) is 31.8 Å². The zero-order valence-electron chi connectivity index (χ0n) is 8.81. The Morgan fingerprint density at radius 2 is 1.83 bits per heavy atom. The van der Waals surface area contributed by atoms with Crippen LogP contribution in [0.1, 0.15) is 6.42 Å². The summed E-state index contributed by atoms with van der Waals surface area (Å²) >= 11 is 0. The highest BCUT2D eigenvalue weighted by Crippen LogP contribution is 2.28. The highest BCUT2D eigenvalue weighted by molar-refractivity contribution is 6.83. The van der Waals surface area contributed by atoms with Crippen molar-refractivity contribution in [2.75, 3.05) is 14.1 Å². The molecule has 0 spiro atoms. The first kappa shape index (κ1) is 9.58. The van der Waals surface area contributed by atoms with Crippen molar-refractivity contribution in [2.45, 2.75) is 26.1 Å². The van der Waals surface area contributed by atoms with Gasteiger partial charge in [-0.15, -0.1) is 0 Å². The first-order valence-electron chi connectivity index (χ1n) is 4.50. The van der Waals surface area contributed by atoms with Crippen molar-refractivity contribution in [1.82, 2.24) is 4.90 Å². The van der Waals surface area contributed by atoms with Gasteiger partial charge in [-0.05, 0) is 5.20 Å². The molecule has 68 valence electrons. The van der Waals surface area contributed by atoms with E-state index in [1.165, 1.54) is 5.70 Å². The van der Waals surface area contributed by atoms with Gasteiger partial charge in [0.15, 0.2) is 0 Å². The van der Waals surface area contributed by atoms with Gasteiger partial charge < -0.3 is 4.90 Å². The van der Waals surface area contributed by atoms with Crippen molar-refractivity contribution >= 4 is 8.07 Å². The zero-order valence-corrected chi connectivity index (χ0v) is 9.81. The molecule has 1 nitrogen and oxygen atoms in total. The Bertz CT molecular complexity index is 231. The van der Waals surface area contributed by atoms with Gasteiger partial charge in [0.2, 0.25) is 0 Å². The van der Waals surface area contributed by atoms with Gasteiger partial charge >= 0.3 is 0 Å². The molecule has 1 rings (SSSR count). The van der Waals surface area contributed by atoms with Crippen LogP contribution in [0.5, 0.6) is 0 Å². The van der Waals surface area contributed by atoms with Crippen LogP contribution in [0, 0.1) is 0 Å². The summed E-state index contributed by atoms with van der Waals surface area (Å²) in [5, 5.41) is 1.62. The van der Waals surface area contributed by atoms with Gasteiger partial charge in [-0.3, -0.25) is 0 Å². The SMILES string of the molecule is CN(C)C1=C([Si](C)(C)C)C=CC1. The topological polar surface area (TPSA) is 3.24 Å². The number of allylic oxidation sites excluding steroid dienone is 3. The minimum Gasteiger partial charge on any atom is -0.381 e. The van der Waals surface area contributed by atoms with E-state index in [0.717, 1.165) is 6.42 Å². The molecule has 0 fully saturated rings. The molecule has 0 saturated carbocycles. The Morgan fingerprint density at radius 3 is 2.17 bits per heavy atom. The first-order valence-corrected chi connectivity index (χ1v) is 8.00. The summed E-state index contributed by atoms with van der Waals surface area (Å²) in [7, 11) is 3.18. The molecule has 0 aromatic rings. The van der Waals surface area contributed by atoms with E-state index in [9.17, 15) is 0 Å². The Kier molecular flexibility index (Phi) is 2.47. The number of nitrogens with zero attached hydrogens (tertiary/aromatic N) is 1. The Morgan fingerprint density at radius 1 is 1.25 bits per heavy atom. The molecule has 12 heavy (non-hydrogen) atoms. The summed E-state index contributed by atoms with van der Waals surface area (Å²) in [5.41, 5.74) is 1.52. The lowest BCUT2D eigenvalue weighted by Crippen LogP contribution is -2.26. The molecule has 0 bridgehead atoms. The summed E-state index contributed by atoms with van der Waals surface area (Å²) < 4.78 is 0. The van der Waals surface area contributed by atoms with E-state index in [2.05, 4.69) is 50.8 Å². The summed E-state index contributed by atoms with van der Waals surface area (Å²) in [4.78, 5) is 2.26. The fourth-order valence-electron chi connectivity index (χ4n) is 1.60. The molecule has 0 aromatic heterocycles. The predicted molar refractivity (Wildman–Crippen MR) is 57.8 cm³/mol. The van der Waals surface area contributed by atoms with Crippen LogP contribution in [-0.2, 0) is 0 Å². The maximum Gasteiger partial charge on any atom is 0.0798 e. The van der Waals surface area contributed by atoms with Crippen molar-refractivity contribution < 1.29 is 0 Å². The number of hydrogen-bond acceptors (Lipinski definition) is 1. The third kappa shape index (κ3) is 1.80. The molecule has 0 radical (unpaired) electrons. The van der Waals surface area contributed by atoms with Gasteiger partial charge in [0.25, 0.3) is 0 Å². The zero-order chi connectivity index (χ0) is 9.35. The van der Waals surface area contributed by atoms with E-state index in [1.54, 1.807) is 5.20 Å². The van der Waals surface area contributed by atoms with Crippen molar-refractivity contribution in [3.8, 4) is 0 Å². The molecular formula is C10H19NSi. The van der Waals surface area contributed by atoms with Crippen LogP contribution in [0.2, 0.25) is 19.6 Å². The maximum atomic E-state index is 2.40. The molecule has 0 atom stereocenters. The maximum absolute atomic E-state index is 2.40. The standard InChI is InChI=1S/C10H19NSi/c1-11(2)9-7-6-8-10(9)12(3,4)5/h6,8H,7H2,1-5H3. The second-order valence-electron chi connectivity index (χ2n) is 4.61. The van der Waals surface area contributed by atoms with Crippen LogP contribution >= 0.6 is 0 Å². The lowest BCUT2D eigenvalue weighted by atomic mass is 10.3. The van der Waals surface area contributed by atoms with E-state index in [-0.39, 0.29) is 0 Å². The van der Waals surface area contributed by atoms with E-state index in [4.69, 9.17) is 0 Å². The minimum atomic E-state index is -1.10. The van der Waals surface area contributed by atoms with Crippen molar-refractivity contribution in [1.29, 1.82) is 0 Å². The second-order valence-corrected chi connectivity index (χ2v) is 9.65. The van der Waals surface area contributed by atoms with Crippen LogP contribution in [0.3, 0.4) is 0 Å². The number of hydrogen-bond donors (Lipinski definition) is 0. The summed E-state index contributed by atoms with van der Waals surface area (Å²) in [6, 6.07) is 0.